The van der Waals surface area contributed by atoms with Gasteiger partial charge in [-0.05, 0) is 34.1 Å². The first-order chi connectivity index (χ1) is 8.63. The summed E-state index contributed by atoms with van der Waals surface area (Å²) in [6, 6.07) is 6.83. The van der Waals surface area contributed by atoms with E-state index in [1.165, 1.54) is 23.5 Å². The Morgan fingerprint density at radius 3 is 2.83 bits per heavy atom. The van der Waals surface area contributed by atoms with E-state index >= 15 is 0 Å². The van der Waals surface area contributed by atoms with Crippen LogP contribution in [0.5, 0.6) is 0 Å². The quantitative estimate of drug-likeness (QED) is 0.660. The molecule has 1 nitrogen and oxygen atoms in total. The number of thiophene rings is 1. The summed E-state index contributed by atoms with van der Waals surface area (Å²) in [6.07, 6.45) is 2.66. The van der Waals surface area contributed by atoms with Crippen molar-refractivity contribution >= 4 is 44.9 Å². The first-order valence-corrected chi connectivity index (χ1v) is 6.97. The molecule has 0 saturated carbocycles. The topological polar surface area (TPSA) is 23.8 Å². The molecule has 1 aromatic heterocycles. The van der Waals surface area contributed by atoms with E-state index in [0.29, 0.717) is 16.1 Å². The lowest BCUT2D eigenvalue weighted by Crippen LogP contribution is -1.88. The van der Waals surface area contributed by atoms with Crippen LogP contribution in [-0.4, -0.2) is 0 Å². The Morgan fingerprint density at radius 2 is 2.22 bits per heavy atom. The second-order valence-electron chi connectivity index (χ2n) is 3.42. The van der Waals surface area contributed by atoms with Gasteiger partial charge in [0.05, 0.1) is 11.1 Å². The highest BCUT2D eigenvalue weighted by Gasteiger charge is 2.14. The number of benzene rings is 1. The van der Waals surface area contributed by atoms with Crippen molar-refractivity contribution in [3.05, 3.63) is 50.5 Å². The summed E-state index contributed by atoms with van der Waals surface area (Å²) in [4.78, 5) is 0.747. The summed E-state index contributed by atoms with van der Waals surface area (Å²) in [6.45, 7) is 0. The molecular formula is C13H6BrClFNS. The fourth-order valence-corrected chi connectivity index (χ4v) is 3.28. The molecule has 0 aliphatic rings. The Kier molecular flexibility index (Phi) is 4.18. The van der Waals surface area contributed by atoms with Gasteiger partial charge in [0.15, 0.2) is 0 Å². The van der Waals surface area contributed by atoms with Crippen LogP contribution in [0.1, 0.15) is 5.56 Å². The molecule has 0 atom stereocenters. The Balaban J connectivity index is 2.60. The van der Waals surface area contributed by atoms with Crippen molar-refractivity contribution in [2.24, 2.45) is 0 Å². The Morgan fingerprint density at radius 1 is 1.44 bits per heavy atom. The van der Waals surface area contributed by atoms with Crippen molar-refractivity contribution in [3.8, 4) is 16.5 Å². The first-order valence-electron chi connectivity index (χ1n) is 4.92. The lowest BCUT2D eigenvalue weighted by Gasteiger charge is -2.06. The van der Waals surface area contributed by atoms with Crippen molar-refractivity contribution in [1.29, 1.82) is 5.26 Å². The van der Waals surface area contributed by atoms with Gasteiger partial charge in [-0.3, -0.25) is 0 Å². The van der Waals surface area contributed by atoms with E-state index in [2.05, 4.69) is 15.9 Å². The highest BCUT2D eigenvalue weighted by molar-refractivity contribution is 9.10. The number of halogens is 3. The summed E-state index contributed by atoms with van der Waals surface area (Å²) in [5, 5.41) is 10.7. The Bertz CT molecular complexity index is 657. The zero-order valence-corrected chi connectivity index (χ0v) is 12.1. The summed E-state index contributed by atoms with van der Waals surface area (Å²) in [5.74, 6) is -0.414. The minimum atomic E-state index is -0.414. The van der Waals surface area contributed by atoms with Crippen LogP contribution in [0.25, 0.3) is 16.5 Å². The van der Waals surface area contributed by atoms with Crippen LogP contribution in [0.3, 0.4) is 0 Å². The maximum Gasteiger partial charge on any atom is 0.140 e. The van der Waals surface area contributed by atoms with Gasteiger partial charge in [-0.2, -0.15) is 5.26 Å². The molecule has 0 radical (unpaired) electrons. The third-order valence-corrected chi connectivity index (χ3v) is 4.30. The van der Waals surface area contributed by atoms with Crippen LogP contribution in [0.15, 0.2) is 34.1 Å². The molecule has 0 amide bonds. The number of allylic oxidation sites excluding steroid dienone is 1. The molecule has 1 heterocycles. The first kappa shape index (κ1) is 13.3. The molecule has 5 heteroatoms. The van der Waals surface area contributed by atoms with Gasteiger partial charge >= 0.3 is 0 Å². The van der Waals surface area contributed by atoms with E-state index in [0.717, 1.165) is 9.35 Å². The molecular weight excluding hydrogens is 337 g/mol. The van der Waals surface area contributed by atoms with Gasteiger partial charge in [0, 0.05) is 31.9 Å². The molecule has 0 spiro atoms. The normalized spacial score (nSPS) is 10.8. The van der Waals surface area contributed by atoms with E-state index in [-0.39, 0.29) is 0 Å². The van der Waals surface area contributed by atoms with E-state index in [1.807, 2.05) is 17.5 Å². The standard InChI is InChI=1S/C13H6BrClFNS/c14-9-6-11(18-7-9)12-10(15)4-3-8(13(12)16)2-1-5-17/h1-4,6-7H/b2-1-. The highest BCUT2D eigenvalue weighted by atomic mass is 79.9. The molecule has 0 saturated heterocycles. The minimum absolute atomic E-state index is 0.348. The lowest BCUT2D eigenvalue weighted by molar-refractivity contribution is 0.629. The average molecular weight is 343 g/mol. The summed E-state index contributed by atoms with van der Waals surface area (Å²) in [7, 11) is 0. The van der Waals surface area contributed by atoms with Crippen molar-refractivity contribution in [1.82, 2.24) is 0 Å². The van der Waals surface area contributed by atoms with E-state index in [4.69, 9.17) is 16.9 Å². The zero-order chi connectivity index (χ0) is 13.1. The van der Waals surface area contributed by atoms with E-state index in [1.54, 1.807) is 12.1 Å². The van der Waals surface area contributed by atoms with E-state index in [9.17, 15) is 4.39 Å². The van der Waals surface area contributed by atoms with Gasteiger partial charge in [0.2, 0.25) is 0 Å². The number of rotatable bonds is 2. The van der Waals surface area contributed by atoms with Gasteiger partial charge in [-0.25, -0.2) is 4.39 Å². The van der Waals surface area contributed by atoms with Gasteiger partial charge in [0.25, 0.3) is 0 Å². The maximum atomic E-state index is 14.3. The third-order valence-electron chi connectivity index (χ3n) is 2.27. The van der Waals surface area contributed by atoms with Crippen LogP contribution in [0.2, 0.25) is 5.02 Å². The summed E-state index contributed by atoms with van der Waals surface area (Å²) in [5.41, 5.74) is 0.716. The molecule has 0 aliphatic heterocycles. The highest BCUT2D eigenvalue weighted by Crippen LogP contribution is 2.37. The molecule has 0 unspecified atom stereocenters. The maximum absolute atomic E-state index is 14.3. The fourth-order valence-electron chi connectivity index (χ4n) is 1.49. The number of hydrogen-bond donors (Lipinski definition) is 0. The van der Waals surface area contributed by atoms with Crippen LogP contribution in [0, 0.1) is 17.1 Å². The van der Waals surface area contributed by atoms with E-state index < -0.39 is 5.82 Å². The second-order valence-corrected chi connectivity index (χ2v) is 5.65. The van der Waals surface area contributed by atoms with Crippen molar-refractivity contribution in [3.63, 3.8) is 0 Å². The van der Waals surface area contributed by atoms with Gasteiger partial charge in [0.1, 0.15) is 5.82 Å². The average Bonchev–Trinajstić information content (AvgIpc) is 2.75. The predicted octanol–water partition coefficient (Wildman–Crippen LogP) is 5.51. The van der Waals surface area contributed by atoms with Gasteiger partial charge in [-0.15, -0.1) is 11.3 Å². The fraction of sp³-hybridized carbons (Fsp3) is 0. The summed E-state index contributed by atoms with van der Waals surface area (Å²) >= 11 is 10.8. The minimum Gasteiger partial charge on any atom is -0.206 e. The van der Waals surface area contributed by atoms with Crippen LogP contribution < -0.4 is 0 Å². The SMILES string of the molecule is N#C/C=C\c1ccc(Cl)c(-c2cc(Br)cs2)c1F. The zero-order valence-electron chi connectivity index (χ0n) is 8.95. The van der Waals surface area contributed by atoms with Crippen LogP contribution >= 0.6 is 38.9 Å². The van der Waals surface area contributed by atoms with Crippen molar-refractivity contribution < 1.29 is 4.39 Å². The third kappa shape index (κ3) is 2.64. The van der Waals surface area contributed by atoms with Gasteiger partial charge in [-0.1, -0.05) is 17.7 Å². The molecule has 18 heavy (non-hydrogen) atoms. The molecule has 0 N–H and O–H groups in total. The van der Waals surface area contributed by atoms with Crippen LogP contribution in [-0.2, 0) is 0 Å². The largest absolute Gasteiger partial charge is 0.206 e. The van der Waals surface area contributed by atoms with Crippen molar-refractivity contribution in [2.75, 3.05) is 0 Å². The smallest absolute Gasteiger partial charge is 0.140 e. The molecule has 0 bridgehead atoms. The lowest BCUT2D eigenvalue weighted by atomic mass is 10.1. The number of nitriles is 1. The number of hydrogen-bond acceptors (Lipinski definition) is 2. The Labute approximate surface area is 121 Å². The Hall–Kier alpha value is -1.15. The molecule has 0 aliphatic carbocycles. The summed E-state index contributed by atoms with van der Waals surface area (Å²) < 4.78 is 15.2. The van der Waals surface area contributed by atoms with Crippen LogP contribution in [0.4, 0.5) is 4.39 Å². The molecule has 90 valence electrons. The van der Waals surface area contributed by atoms with Crippen molar-refractivity contribution in [2.45, 2.75) is 0 Å². The van der Waals surface area contributed by atoms with Gasteiger partial charge < -0.3 is 0 Å². The second kappa shape index (κ2) is 5.66. The molecule has 1 aromatic carbocycles. The number of nitrogens with zero attached hydrogens (tertiary/aromatic N) is 1. The molecule has 2 aromatic rings. The predicted molar refractivity (Wildman–Crippen MR) is 77.1 cm³/mol. The molecule has 0 fully saturated rings. The monoisotopic (exact) mass is 341 g/mol. The molecule has 2 rings (SSSR count).